The number of carboxylic acid groups (broad SMARTS) is 1. The van der Waals surface area contributed by atoms with E-state index in [9.17, 15) is 19.5 Å². The molecular formula is C13H25N3O4. The van der Waals surface area contributed by atoms with Gasteiger partial charge in [0.25, 0.3) is 0 Å². The maximum absolute atomic E-state index is 11.4. The van der Waals surface area contributed by atoms with Crippen LogP contribution in [0.1, 0.15) is 39.5 Å². The van der Waals surface area contributed by atoms with Crippen LogP contribution in [0.15, 0.2) is 0 Å². The number of imide groups is 1. The van der Waals surface area contributed by atoms with Gasteiger partial charge in [0.15, 0.2) is 0 Å². The molecule has 0 aliphatic rings. The van der Waals surface area contributed by atoms with E-state index in [4.69, 9.17) is 0 Å². The van der Waals surface area contributed by atoms with E-state index < -0.39 is 17.9 Å². The zero-order chi connectivity index (χ0) is 15.4. The number of carbonyl (C=O) groups is 3. The molecule has 7 nitrogen and oxygen atoms in total. The maximum atomic E-state index is 11.4. The highest BCUT2D eigenvalue weighted by molar-refractivity contribution is 5.94. The zero-order valence-corrected chi connectivity index (χ0v) is 12.3. The first-order valence-electron chi connectivity index (χ1n) is 7.10. The fourth-order valence-corrected chi connectivity index (χ4v) is 1.77. The number of hydrogen-bond donors (Lipinski definition) is 3. The number of carboxylic acids is 1. The van der Waals surface area contributed by atoms with Crippen molar-refractivity contribution in [2.75, 3.05) is 26.2 Å². The van der Waals surface area contributed by atoms with Crippen LogP contribution in [0.25, 0.3) is 0 Å². The molecule has 0 saturated carbocycles. The van der Waals surface area contributed by atoms with Crippen molar-refractivity contribution in [1.82, 2.24) is 10.6 Å². The number of nitrogens with one attached hydrogen (secondary N) is 3. The summed E-state index contributed by atoms with van der Waals surface area (Å²) in [6, 6.07) is -0.530. The summed E-state index contributed by atoms with van der Waals surface area (Å²) < 4.78 is 0. The number of aliphatic carboxylic acids is 1. The van der Waals surface area contributed by atoms with Crippen molar-refractivity contribution in [1.29, 1.82) is 0 Å². The van der Waals surface area contributed by atoms with Crippen molar-refractivity contribution in [3.05, 3.63) is 0 Å². The van der Waals surface area contributed by atoms with Crippen LogP contribution in [0, 0.1) is 0 Å². The molecule has 0 atom stereocenters. The number of carbonyl (C=O) groups excluding carboxylic acids is 3. The van der Waals surface area contributed by atoms with Crippen molar-refractivity contribution < 1.29 is 24.4 Å². The highest BCUT2D eigenvalue weighted by Crippen LogP contribution is 1.93. The SMILES string of the molecule is CC[NH+](CC)CCCNC(=O)NC(=O)CCCC(=O)[O-]. The Morgan fingerprint density at radius 1 is 1.05 bits per heavy atom. The quantitative estimate of drug-likeness (QED) is 0.406. The van der Waals surface area contributed by atoms with Gasteiger partial charge >= 0.3 is 6.03 Å². The topological polar surface area (TPSA) is 103 Å². The van der Waals surface area contributed by atoms with Gasteiger partial charge in [0.05, 0.1) is 19.6 Å². The lowest BCUT2D eigenvalue weighted by Crippen LogP contribution is -3.11. The molecule has 0 fully saturated rings. The van der Waals surface area contributed by atoms with E-state index in [0.717, 1.165) is 26.1 Å². The number of amides is 3. The lowest BCUT2D eigenvalue weighted by molar-refractivity contribution is -0.896. The van der Waals surface area contributed by atoms with Gasteiger partial charge in [0, 0.05) is 25.4 Å². The summed E-state index contributed by atoms with van der Waals surface area (Å²) in [5, 5.41) is 14.9. The second-order valence-corrected chi connectivity index (χ2v) is 4.59. The normalized spacial score (nSPS) is 10.3. The first kappa shape index (κ1) is 18.4. The molecule has 0 unspecified atom stereocenters. The Morgan fingerprint density at radius 3 is 2.25 bits per heavy atom. The zero-order valence-electron chi connectivity index (χ0n) is 12.3. The van der Waals surface area contributed by atoms with E-state index in [1.54, 1.807) is 0 Å². The lowest BCUT2D eigenvalue weighted by Gasteiger charge is -2.15. The van der Waals surface area contributed by atoms with E-state index in [2.05, 4.69) is 24.5 Å². The third-order valence-corrected chi connectivity index (χ3v) is 3.03. The predicted octanol–water partition coefficient (Wildman–Crippen LogP) is -1.95. The van der Waals surface area contributed by atoms with E-state index in [1.807, 2.05) is 0 Å². The third-order valence-electron chi connectivity index (χ3n) is 3.03. The molecule has 20 heavy (non-hydrogen) atoms. The van der Waals surface area contributed by atoms with Gasteiger partial charge in [-0.05, 0) is 26.7 Å². The van der Waals surface area contributed by atoms with Gasteiger partial charge in [-0.2, -0.15) is 0 Å². The Labute approximate surface area is 119 Å². The molecule has 0 heterocycles. The minimum atomic E-state index is -1.19. The molecule has 0 radical (unpaired) electrons. The van der Waals surface area contributed by atoms with Crippen molar-refractivity contribution in [3.8, 4) is 0 Å². The van der Waals surface area contributed by atoms with Gasteiger partial charge < -0.3 is 20.1 Å². The van der Waals surface area contributed by atoms with Crippen LogP contribution >= 0.6 is 0 Å². The van der Waals surface area contributed by atoms with E-state index >= 15 is 0 Å². The van der Waals surface area contributed by atoms with Crippen LogP contribution in [0.2, 0.25) is 0 Å². The molecule has 7 heteroatoms. The summed E-state index contributed by atoms with van der Waals surface area (Å²) >= 11 is 0. The van der Waals surface area contributed by atoms with Crippen LogP contribution in [0.3, 0.4) is 0 Å². The summed E-state index contributed by atoms with van der Waals surface area (Å²) in [7, 11) is 0. The largest absolute Gasteiger partial charge is 0.550 e. The van der Waals surface area contributed by atoms with Crippen LogP contribution < -0.4 is 20.6 Å². The van der Waals surface area contributed by atoms with E-state index in [-0.39, 0.29) is 19.3 Å². The minimum absolute atomic E-state index is 0.00496. The molecular weight excluding hydrogens is 262 g/mol. The number of urea groups is 1. The molecule has 0 aliphatic carbocycles. The molecule has 3 amide bonds. The van der Waals surface area contributed by atoms with Crippen molar-refractivity contribution in [2.45, 2.75) is 39.5 Å². The highest BCUT2D eigenvalue weighted by Gasteiger charge is 2.07. The average Bonchev–Trinajstić information content (AvgIpc) is 2.38. The van der Waals surface area contributed by atoms with E-state index in [0.29, 0.717) is 6.54 Å². The van der Waals surface area contributed by atoms with Crippen LogP contribution in [0.4, 0.5) is 4.79 Å². The predicted molar refractivity (Wildman–Crippen MR) is 71.9 cm³/mol. The highest BCUT2D eigenvalue weighted by atomic mass is 16.4. The number of hydrogen-bond acceptors (Lipinski definition) is 4. The standard InChI is InChI=1S/C13H25N3O4/c1-3-16(4-2)10-6-9-14-13(20)15-11(17)7-5-8-12(18)19/h3-10H2,1-2H3,(H,18,19)(H2,14,15,17,20). The van der Waals surface area contributed by atoms with Crippen LogP contribution in [-0.4, -0.2) is 44.1 Å². The molecule has 0 aromatic carbocycles. The van der Waals surface area contributed by atoms with Gasteiger partial charge in [0.2, 0.25) is 5.91 Å². The van der Waals surface area contributed by atoms with Gasteiger partial charge in [-0.15, -0.1) is 0 Å². The lowest BCUT2D eigenvalue weighted by atomic mass is 10.2. The molecule has 116 valence electrons. The maximum Gasteiger partial charge on any atom is 0.321 e. The second kappa shape index (κ2) is 11.2. The van der Waals surface area contributed by atoms with Crippen molar-refractivity contribution in [3.63, 3.8) is 0 Å². The number of rotatable bonds is 10. The second-order valence-electron chi connectivity index (χ2n) is 4.59. The molecule has 0 aliphatic heterocycles. The fraction of sp³-hybridized carbons (Fsp3) is 0.769. The average molecular weight is 287 g/mol. The Balaban J connectivity index is 3.62. The molecule has 3 N–H and O–H groups in total. The van der Waals surface area contributed by atoms with Gasteiger partial charge in [0.1, 0.15) is 0 Å². The molecule has 0 bridgehead atoms. The Hall–Kier alpha value is -1.63. The van der Waals surface area contributed by atoms with Crippen molar-refractivity contribution >= 4 is 17.9 Å². The van der Waals surface area contributed by atoms with Crippen LogP contribution in [0.5, 0.6) is 0 Å². The van der Waals surface area contributed by atoms with Gasteiger partial charge in [-0.1, -0.05) is 0 Å². The first-order chi connectivity index (χ1) is 9.49. The smallest absolute Gasteiger partial charge is 0.321 e. The molecule has 0 saturated heterocycles. The summed E-state index contributed by atoms with van der Waals surface area (Å²) in [5.41, 5.74) is 0. The first-order valence-corrected chi connectivity index (χ1v) is 7.10. The Kier molecular flexibility index (Phi) is 10.3. The van der Waals surface area contributed by atoms with Gasteiger partial charge in [-0.3, -0.25) is 10.1 Å². The minimum Gasteiger partial charge on any atom is -0.550 e. The summed E-state index contributed by atoms with van der Waals surface area (Å²) in [4.78, 5) is 34.3. The summed E-state index contributed by atoms with van der Waals surface area (Å²) in [5.74, 6) is -1.67. The molecule has 0 aromatic rings. The molecule has 0 rings (SSSR count). The monoisotopic (exact) mass is 287 g/mol. The third kappa shape index (κ3) is 10.3. The molecule has 0 aromatic heterocycles. The van der Waals surface area contributed by atoms with E-state index in [1.165, 1.54) is 4.90 Å². The van der Waals surface area contributed by atoms with Gasteiger partial charge in [-0.25, -0.2) is 4.79 Å². The fourth-order valence-electron chi connectivity index (χ4n) is 1.77. The Morgan fingerprint density at radius 2 is 1.70 bits per heavy atom. The van der Waals surface area contributed by atoms with Crippen LogP contribution in [-0.2, 0) is 9.59 Å². The number of quaternary nitrogens is 1. The molecule has 0 spiro atoms. The Bertz CT molecular complexity index is 317. The summed E-state index contributed by atoms with van der Waals surface area (Å²) in [6.07, 6.45) is 0.850. The summed E-state index contributed by atoms with van der Waals surface area (Å²) in [6.45, 7) is 7.84. The van der Waals surface area contributed by atoms with Crippen molar-refractivity contribution in [2.24, 2.45) is 0 Å².